The monoisotopic (exact) mass is 428 g/mol. The normalized spacial score (nSPS) is 10.3. The van der Waals surface area contributed by atoms with Gasteiger partial charge < -0.3 is 19.2 Å². The number of aromatic nitrogens is 2. The number of anilines is 1. The van der Waals surface area contributed by atoms with E-state index in [0.29, 0.717) is 46.7 Å². The average Bonchev–Trinajstić information content (AvgIpc) is 3.20. The Morgan fingerprint density at radius 1 is 1.22 bits per heavy atom. The lowest BCUT2D eigenvalue weighted by Gasteiger charge is -2.16. The van der Waals surface area contributed by atoms with Crippen molar-refractivity contribution in [2.45, 2.75) is 13.5 Å². The molecule has 0 radical (unpaired) electrons. The fourth-order valence-electron chi connectivity index (χ4n) is 2.70. The van der Waals surface area contributed by atoms with Gasteiger partial charge in [0.15, 0.2) is 17.3 Å². The first-order valence-corrected chi connectivity index (χ1v) is 8.84. The second-order valence-corrected chi connectivity index (χ2v) is 6.40. The summed E-state index contributed by atoms with van der Waals surface area (Å²) >= 11 is 3.53. The number of furan rings is 1. The summed E-state index contributed by atoms with van der Waals surface area (Å²) in [5.74, 6) is 2.69. The van der Waals surface area contributed by atoms with Crippen molar-refractivity contribution in [3.63, 3.8) is 0 Å². The number of hydrogen-bond acceptors (Lipinski definition) is 7. The number of ether oxygens (including phenoxy) is 2. The van der Waals surface area contributed by atoms with E-state index in [2.05, 4.69) is 37.3 Å². The predicted octanol–water partition coefficient (Wildman–Crippen LogP) is 4.31. The Hall–Kier alpha value is -3.05. The van der Waals surface area contributed by atoms with Crippen molar-refractivity contribution in [2.75, 3.05) is 19.5 Å². The molecule has 0 saturated heterocycles. The van der Waals surface area contributed by atoms with Gasteiger partial charge in [0.1, 0.15) is 29.0 Å². The molecule has 0 aliphatic heterocycles. The van der Waals surface area contributed by atoms with Gasteiger partial charge in [-0.15, -0.1) is 0 Å². The van der Waals surface area contributed by atoms with Gasteiger partial charge in [0.2, 0.25) is 0 Å². The van der Waals surface area contributed by atoms with Crippen LogP contribution in [0.2, 0.25) is 0 Å². The summed E-state index contributed by atoms with van der Waals surface area (Å²) in [6.07, 6.45) is 1.54. The van der Waals surface area contributed by atoms with Crippen molar-refractivity contribution in [1.29, 1.82) is 5.26 Å². The van der Waals surface area contributed by atoms with Crippen molar-refractivity contribution < 1.29 is 13.9 Å². The highest BCUT2D eigenvalue weighted by molar-refractivity contribution is 9.10. The Labute approximate surface area is 165 Å². The van der Waals surface area contributed by atoms with E-state index >= 15 is 0 Å². The number of benzene rings is 1. The third kappa shape index (κ3) is 3.73. The van der Waals surface area contributed by atoms with Crippen LogP contribution in [0.15, 0.2) is 39.4 Å². The van der Waals surface area contributed by atoms with Gasteiger partial charge in [-0.3, -0.25) is 0 Å². The molecule has 0 unspecified atom stereocenters. The van der Waals surface area contributed by atoms with E-state index in [1.807, 2.05) is 12.1 Å². The summed E-state index contributed by atoms with van der Waals surface area (Å²) in [6, 6.07) is 9.37. The lowest BCUT2D eigenvalue weighted by atomic mass is 10.1. The van der Waals surface area contributed by atoms with Gasteiger partial charge >= 0.3 is 0 Å². The van der Waals surface area contributed by atoms with Crippen molar-refractivity contribution in [3.8, 4) is 29.0 Å². The molecule has 3 rings (SSSR count). The number of nitrogens with one attached hydrogen (secondary N) is 1. The molecule has 7 nitrogen and oxygen atoms in total. The molecular weight excluding hydrogens is 412 g/mol. The SMILES string of the molecule is COc1ccc(Br)c(CNc2nc(C)nc(-c3ccco3)c2C#N)c1OC. The maximum Gasteiger partial charge on any atom is 0.166 e. The largest absolute Gasteiger partial charge is 0.493 e. The second kappa shape index (κ2) is 8.10. The zero-order valence-electron chi connectivity index (χ0n) is 15.0. The summed E-state index contributed by atoms with van der Waals surface area (Å²) in [6.45, 7) is 2.13. The number of hydrogen-bond donors (Lipinski definition) is 1. The first kappa shape index (κ1) is 18.7. The topological polar surface area (TPSA) is 93.2 Å². The highest BCUT2D eigenvalue weighted by Gasteiger charge is 2.18. The first-order chi connectivity index (χ1) is 13.1. The smallest absolute Gasteiger partial charge is 0.166 e. The molecular formula is C19H17BrN4O3. The summed E-state index contributed by atoms with van der Waals surface area (Å²) in [7, 11) is 3.17. The molecule has 2 heterocycles. The molecule has 138 valence electrons. The molecule has 27 heavy (non-hydrogen) atoms. The average molecular weight is 429 g/mol. The molecule has 0 aliphatic rings. The van der Waals surface area contributed by atoms with Gasteiger partial charge in [0.05, 0.1) is 20.5 Å². The van der Waals surface area contributed by atoms with Gasteiger partial charge in [0, 0.05) is 16.6 Å². The summed E-state index contributed by atoms with van der Waals surface area (Å²) in [4.78, 5) is 8.74. The number of nitriles is 1. The Morgan fingerprint density at radius 3 is 2.67 bits per heavy atom. The van der Waals surface area contributed by atoms with E-state index in [-0.39, 0.29) is 0 Å². The molecule has 1 aromatic carbocycles. The molecule has 0 saturated carbocycles. The van der Waals surface area contributed by atoms with Crippen molar-refractivity contribution in [2.24, 2.45) is 0 Å². The van der Waals surface area contributed by atoms with Gasteiger partial charge in [-0.1, -0.05) is 15.9 Å². The van der Waals surface area contributed by atoms with E-state index in [1.54, 1.807) is 39.5 Å². The number of rotatable bonds is 6. The number of aryl methyl sites for hydroxylation is 1. The van der Waals surface area contributed by atoms with Crippen molar-refractivity contribution in [3.05, 3.63) is 52.0 Å². The highest BCUT2D eigenvalue weighted by Crippen LogP contribution is 2.36. The first-order valence-electron chi connectivity index (χ1n) is 8.04. The zero-order valence-corrected chi connectivity index (χ0v) is 16.6. The van der Waals surface area contributed by atoms with Crippen LogP contribution >= 0.6 is 15.9 Å². The van der Waals surface area contributed by atoms with Crippen molar-refractivity contribution in [1.82, 2.24) is 9.97 Å². The van der Waals surface area contributed by atoms with Gasteiger partial charge in [0.25, 0.3) is 0 Å². The second-order valence-electron chi connectivity index (χ2n) is 5.55. The van der Waals surface area contributed by atoms with E-state index in [9.17, 15) is 5.26 Å². The van der Waals surface area contributed by atoms with E-state index < -0.39 is 0 Å². The molecule has 0 amide bonds. The molecule has 8 heteroatoms. The van der Waals surface area contributed by atoms with E-state index in [1.165, 1.54) is 0 Å². The predicted molar refractivity (Wildman–Crippen MR) is 104 cm³/mol. The third-order valence-electron chi connectivity index (χ3n) is 3.91. The van der Waals surface area contributed by atoms with Crippen LogP contribution in [0, 0.1) is 18.3 Å². The fourth-order valence-corrected chi connectivity index (χ4v) is 3.15. The maximum atomic E-state index is 9.66. The minimum Gasteiger partial charge on any atom is -0.493 e. The van der Waals surface area contributed by atoms with Crippen LogP contribution in [0.25, 0.3) is 11.5 Å². The van der Waals surface area contributed by atoms with Crippen LogP contribution < -0.4 is 14.8 Å². The van der Waals surface area contributed by atoms with E-state index in [4.69, 9.17) is 13.9 Å². The standard InChI is InChI=1S/C19H17BrN4O3/c1-11-23-17(15-5-4-8-27-15)12(9-21)19(24-11)22-10-13-14(20)6-7-16(25-2)18(13)26-3/h4-8H,10H2,1-3H3,(H,22,23,24). The molecule has 0 aliphatic carbocycles. The molecule has 0 atom stereocenters. The van der Waals surface area contributed by atoms with Crippen LogP contribution in [-0.4, -0.2) is 24.2 Å². The lowest BCUT2D eigenvalue weighted by molar-refractivity contribution is 0.351. The lowest BCUT2D eigenvalue weighted by Crippen LogP contribution is -2.09. The van der Waals surface area contributed by atoms with Gasteiger partial charge in [-0.25, -0.2) is 9.97 Å². The minimum atomic E-state index is 0.313. The number of nitrogens with zero attached hydrogens (tertiary/aromatic N) is 3. The van der Waals surface area contributed by atoms with Crippen LogP contribution in [0.4, 0.5) is 5.82 Å². The van der Waals surface area contributed by atoms with Gasteiger partial charge in [-0.2, -0.15) is 5.26 Å². The maximum absolute atomic E-state index is 9.66. The number of halogens is 1. The zero-order chi connectivity index (χ0) is 19.4. The molecule has 2 aromatic heterocycles. The Morgan fingerprint density at radius 2 is 2.04 bits per heavy atom. The Kier molecular flexibility index (Phi) is 5.62. The summed E-state index contributed by atoms with van der Waals surface area (Å²) in [5.41, 5.74) is 1.61. The van der Waals surface area contributed by atoms with Crippen LogP contribution in [0.1, 0.15) is 17.0 Å². The van der Waals surface area contributed by atoms with E-state index in [0.717, 1.165) is 10.0 Å². The summed E-state index contributed by atoms with van der Waals surface area (Å²) in [5, 5.41) is 12.9. The summed E-state index contributed by atoms with van der Waals surface area (Å²) < 4.78 is 17.1. The molecule has 0 fully saturated rings. The quantitative estimate of drug-likeness (QED) is 0.624. The molecule has 0 spiro atoms. The number of methoxy groups -OCH3 is 2. The Bertz CT molecular complexity index is 997. The fraction of sp³-hybridized carbons (Fsp3) is 0.211. The molecule has 1 N–H and O–H groups in total. The van der Waals surface area contributed by atoms with Crippen LogP contribution in [0.5, 0.6) is 11.5 Å². The van der Waals surface area contributed by atoms with Crippen LogP contribution in [-0.2, 0) is 6.54 Å². The minimum absolute atomic E-state index is 0.313. The molecule has 0 bridgehead atoms. The molecule has 3 aromatic rings. The highest BCUT2D eigenvalue weighted by atomic mass is 79.9. The third-order valence-corrected chi connectivity index (χ3v) is 4.65. The van der Waals surface area contributed by atoms with Crippen molar-refractivity contribution >= 4 is 21.7 Å². The Balaban J connectivity index is 2.00. The van der Waals surface area contributed by atoms with Crippen LogP contribution in [0.3, 0.4) is 0 Å². The van der Waals surface area contributed by atoms with Gasteiger partial charge in [-0.05, 0) is 31.2 Å².